The van der Waals surface area contributed by atoms with E-state index in [0.29, 0.717) is 23.4 Å². The van der Waals surface area contributed by atoms with Gasteiger partial charge in [-0.15, -0.1) is 0 Å². The largest absolute Gasteiger partial charge is 0.508 e. The third-order valence-corrected chi connectivity index (χ3v) is 2.98. The van der Waals surface area contributed by atoms with Crippen LogP contribution in [0, 0.1) is 6.92 Å². The van der Waals surface area contributed by atoms with Crippen LogP contribution >= 0.6 is 0 Å². The van der Waals surface area contributed by atoms with Gasteiger partial charge >= 0.3 is 0 Å². The van der Waals surface area contributed by atoms with Crippen molar-refractivity contribution in [2.45, 2.75) is 13.5 Å². The topological polar surface area (TPSA) is 75.3 Å². The van der Waals surface area contributed by atoms with E-state index in [-0.39, 0.29) is 11.7 Å². The summed E-state index contributed by atoms with van der Waals surface area (Å²) in [5, 5.41) is 12.4. The lowest BCUT2D eigenvalue weighted by molar-refractivity contribution is 0.0950. The predicted octanol–water partition coefficient (Wildman–Crippen LogP) is 2.21. The Balaban J connectivity index is 2.05. The Labute approximate surface area is 111 Å². The first-order chi connectivity index (χ1) is 9.08. The summed E-state index contributed by atoms with van der Waals surface area (Å²) >= 11 is 0. The molecule has 2 rings (SSSR count). The molecule has 1 amide bonds. The minimum absolute atomic E-state index is 0.125. The van der Waals surface area contributed by atoms with Gasteiger partial charge in [-0.25, -0.2) is 0 Å². The third kappa shape index (κ3) is 3.04. The number of phenolic OH excluding ortho intramolecular Hbond substituents is 1. The standard InChI is InChI=1S/C15H16N2O2/c1-10-13(3-2-4-14(10)18)15(19)17-9-11-5-7-12(16)8-6-11/h2-8,18H,9,16H2,1H3,(H,17,19). The van der Waals surface area contributed by atoms with Crippen molar-refractivity contribution in [3.05, 3.63) is 59.2 Å². The van der Waals surface area contributed by atoms with E-state index in [4.69, 9.17) is 5.73 Å². The van der Waals surface area contributed by atoms with Crippen molar-refractivity contribution < 1.29 is 9.90 Å². The van der Waals surface area contributed by atoms with Crippen LogP contribution in [-0.2, 0) is 6.54 Å². The molecule has 2 aromatic rings. The van der Waals surface area contributed by atoms with Gasteiger partial charge in [0.05, 0.1) is 0 Å². The molecule has 0 radical (unpaired) electrons. The molecule has 0 saturated heterocycles. The monoisotopic (exact) mass is 256 g/mol. The quantitative estimate of drug-likeness (QED) is 0.737. The normalized spacial score (nSPS) is 10.2. The number of rotatable bonds is 3. The Morgan fingerprint density at radius 1 is 1.21 bits per heavy atom. The third-order valence-electron chi connectivity index (χ3n) is 2.98. The molecule has 0 aromatic heterocycles. The summed E-state index contributed by atoms with van der Waals surface area (Å²) in [4.78, 5) is 12.0. The van der Waals surface area contributed by atoms with E-state index in [0.717, 1.165) is 5.56 Å². The lowest BCUT2D eigenvalue weighted by Gasteiger charge is -2.09. The van der Waals surface area contributed by atoms with Crippen LogP contribution in [-0.4, -0.2) is 11.0 Å². The van der Waals surface area contributed by atoms with Crippen LogP contribution in [0.5, 0.6) is 5.75 Å². The van der Waals surface area contributed by atoms with Gasteiger partial charge in [-0.05, 0) is 36.8 Å². The zero-order valence-electron chi connectivity index (χ0n) is 10.7. The van der Waals surface area contributed by atoms with Crippen LogP contribution in [0.4, 0.5) is 5.69 Å². The first kappa shape index (κ1) is 13.0. The number of benzene rings is 2. The highest BCUT2D eigenvalue weighted by molar-refractivity contribution is 5.96. The maximum absolute atomic E-state index is 12.0. The molecule has 0 spiro atoms. The lowest BCUT2D eigenvalue weighted by Crippen LogP contribution is -2.23. The second-order valence-corrected chi connectivity index (χ2v) is 4.37. The number of carbonyl (C=O) groups excluding carboxylic acids is 1. The van der Waals surface area contributed by atoms with Crippen LogP contribution in [0.1, 0.15) is 21.5 Å². The molecule has 0 saturated carbocycles. The van der Waals surface area contributed by atoms with E-state index in [1.807, 2.05) is 12.1 Å². The van der Waals surface area contributed by atoms with Crippen molar-refractivity contribution in [3.63, 3.8) is 0 Å². The molecular formula is C15H16N2O2. The number of hydrogen-bond donors (Lipinski definition) is 3. The molecule has 0 fully saturated rings. The highest BCUT2D eigenvalue weighted by atomic mass is 16.3. The number of aromatic hydroxyl groups is 1. The summed E-state index contributed by atoms with van der Waals surface area (Å²) in [5.74, 6) is -0.0784. The molecule has 4 heteroatoms. The molecule has 0 aliphatic carbocycles. The van der Waals surface area contributed by atoms with Gasteiger partial charge in [-0.1, -0.05) is 18.2 Å². The fourth-order valence-corrected chi connectivity index (χ4v) is 1.78. The molecule has 4 nitrogen and oxygen atoms in total. The van der Waals surface area contributed by atoms with Crippen LogP contribution in [0.15, 0.2) is 42.5 Å². The van der Waals surface area contributed by atoms with Gasteiger partial charge in [0.25, 0.3) is 5.91 Å². The van der Waals surface area contributed by atoms with Gasteiger partial charge < -0.3 is 16.2 Å². The molecule has 0 aliphatic rings. The van der Waals surface area contributed by atoms with Crippen molar-refractivity contribution in [1.82, 2.24) is 5.32 Å². The van der Waals surface area contributed by atoms with Crippen molar-refractivity contribution in [2.75, 3.05) is 5.73 Å². The van der Waals surface area contributed by atoms with E-state index in [1.165, 1.54) is 0 Å². The maximum Gasteiger partial charge on any atom is 0.251 e. The summed E-state index contributed by atoms with van der Waals surface area (Å²) < 4.78 is 0. The van der Waals surface area contributed by atoms with Crippen LogP contribution in [0.25, 0.3) is 0 Å². The van der Waals surface area contributed by atoms with E-state index >= 15 is 0 Å². The molecule has 2 aromatic carbocycles. The zero-order valence-corrected chi connectivity index (χ0v) is 10.7. The van der Waals surface area contributed by atoms with E-state index < -0.39 is 0 Å². The molecule has 0 unspecified atom stereocenters. The molecule has 19 heavy (non-hydrogen) atoms. The lowest BCUT2D eigenvalue weighted by atomic mass is 10.1. The summed E-state index contributed by atoms with van der Waals surface area (Å²) in [7, 11) is 0. The average Bonchev–Trinajstić information content (AvgIpc) is 2.41. The SMILES string of the molecule is Cc1c(O)cccc1C(=O)NCc1ccc(N)cc1. The van der Waals surface area contributed by atoms with Gasteiger partial charge in [0, 0.05) is 23.4 Å². The number of nitrogens with two attached hydrogens (primary N) is 1. The fourth-order valence-electron chi connectivity index (χ4n) is 1.78. The zero-order chi connectivity index (χ0) is 13.8. The molecule has 0 atom stereocenters. The van der Waals surface area contributed by atoms with Gasteiger partial charge in [0.15, 0.2) is 0 Å². The van der Waals surface area contributed by atoms with Crippen molar-refractivity contribution in [2.24, 2.45) is 0 Å². The summed E-state index contributed by atoms with van der Waals surface area (Å²) in [6.07, 6.45) is 0. The van der Waals surface area contributed by atoms with E-state index in [1.54, 1.807) is 37.3 Å². The highest BCUT2D eigenvalue weighted by Gasteiger charge is 2.10. The Morgan fingerprint density at radius 2 is 1.89 bits per heavy atom. The smallest absolute Gasteiger partial charge is 0.251 e. The fraction of sp³-hybridized carbons (Fsp3) is 0.133. The molecule has 0 heterocycles. The Hall–Kier alpha value is -2.49. The minimum atomic E-state index is -0.203. The van der Waals surface area contributed by atoms with Crippen molar-refractivity contribution in [3.8, 4) is 5.75 Å². The van der Waals surface area contributed by atoms with Gasteiger partial charge in [0.2, 0.25) is 0 Å². The van der Waals surface area contributed by atoms with Gasteiger partial charge in [-0.3, -0.25) is 4.79 Å². The number of anilines is 1. The molecule has 4 N–H and O–H groups in total. The molecule has 98 valence electrons. The number of amides is 1. The van der Waals surface area contributed by atoms with E-state index in [2.05, 4.69) is 5.32 Å². The Kier molecular flexibility index (Phi) is 3.71. The summed E-state index contributed by atoms with van der Waals surface area (Å²) in [5.41, 5.74) is 8.32. The number of nitrogens with one attached hydrogen (secondary N) is 1. The summed E-state index contributed by atoms with van der Waals surface area (Å²) in [6.45, 7) is 2.14. The number of phenols is 1. The molecule has 0 aliphatic heterocycles. The average molecular weight is 256 g/mol. The van der Waals surface area contributed by atoms with Gasteiger partial charge in [-0.2, -0.15) is 0 Å². The second kappa shape index (κ2) is 5.44. The maximum atomic E-state index is 12.0. The predicted molar refractivity (Wildman–Crippen MR) is 74.9 cm³/mol. The molecular weight excluding hydrogens is 240 g/mol. The van der Waals surface area contributed by atoms with E-state index in [9.17, 15) is 9.90 Å². The van der Waals surface area contributed by atoms with Crippen molar-refractivity contribution >= 4 is 11.6 Å². The minimum Gasteiger partial charge on any atom is -0.508 e. The first-order valence-electron chi connectivity index (χ1n) is 5.99. The first-order valence-corrected chi connectivity index (χ1v) is 5.99. The van der Waals surface area contributed by atoms with Crippen LogP contribution < -0.4 is 11.1 Å². The van der Waals surface area contributed by atoms with Crippen LogP contribution in [0.3, 0.4) is 0 Å². The van der Waals surface area contributed by atoms with Crippen LogP contribution in [0.2, 0.25) is 0 Å². The Morgan fingerprint density at radius 3 is 2.58 bits per heavy atom. The highest BCUT2D eigenvalue weighted by Crippen LogP contribution is 2.19. The number of hydrogen-bond acceptors (Lipinski definition) is 3. The second-order valence-electron chi connectivity index (χ2n) is 4.37. The molecule has 0 bridgehead atoms. The van der Waals surface area contributed by atoms with Crippen molar-refractivity contribution in [1.29, 1.82) is 0 Å². The Bertz CT molecular complexity index is 592. The summed E-state index contributed by atoms with van der Waals surface area (Å²) in [6, 6.07) is 12.2. The van der Waals surface area contributed by atoms with Gasteiger partial charge in [0.1, 0.15) is 5.75 Å². The number of carbonyl (C=O) groups is 1. The number of nitrogen functional groups attached to an aromatic ring is 1.